The van der Waals surface area contributed by atoms with Crippen molar-refractivity contribution in [3.05, 3.63) is 0 Å². The van der Waals surface area contributed by atoms with Crippen molar-refractivity contribution in [2.24, 2.45) is 0 Å². The SMILES string of the molecule is CCCCN(CC1CCCN1)C(CCC)CCC. The van der Waals surface area contributed by atoms with Crippen molar-refractivity contribution in [2.45, 2.75) is 84.2 Å². The van der Waals surface area contributed by atoms with Crippen molar-refractivity contribution in [1.29, 1.82) is 0 Å². The van der Waals surface area contributed by atoms with E-state index in [9.17, 15) is 0 Å². The number of unbranched alkanes of at least 4 members (excludes halogenated alkanes) is 1. The maximum Gasteiger partial charge on any atom is 0.0195 e. The molecule has 1 atom stereocenters. The van der Waals surface area contributed by atoms with Crippen LogP contribution in [0.25, 0.3) is 0 Å². The highest BCUT2D eigenvalue weighted by Crippen LogP contribution is 2.17. The molecule has 1 saturated heterocycles. The smallest absolute Gasteiger partial charge is 0.0195 e. The third-order valence-corrected chi connectivity index (χ3v) is 4.18. The predicted octanol–water partition coefficient (Wildman–Crippen LogP) is 3.81. The number of nitrogens with one attached hydrogen (secondary N) is 1. The zero-order valence-electron chi connectivity index (χ0n) is 12.9. The van der Waals surface area contributed by atoms with Gasteiger partial charge in [0.1, 0.15) is 0 Å². The Bertz CT molecular complexity index is 182. The van der Waals surface area contributed by atoms with Crippen LogP contribution in [-0.2, 0) is 0 Å². The molecule has 1 unspecified atom stereocenters. The van der Waals surface area contributed by atoms with E-state index in [0.717, 1.165) is 12.1 Å². The van der Waals surface area contributed by atoms with Crippen LogP contribution in [-0.4, -0.2) is 36.6 Å². The lowest BCUT2D eigenvalue weighted by Crippen LogP contribution is -2.44. The Morgan fingerprint density at radius 3 is 2.33 bits per heavy atom. The van der Waals surface area contributed by atoms with Gasteiger partial charge in [-0.05, 0) is 45.2 Å². The molecule has 1 aliphatic heterocycles. The molecule has 0 bridgehead atoms. The molecule has 0 aromatic carbocycles. The van der Waals surface area contributed by atoms with Gasteiger partial charge in [-0.15, -0.1) is 0 Å². The molecule has 18 heavy (non-hydrogen) atoms. The summed E-state index contributed by atoms with van der Waals surface area (Å²) in [7, 11) is 0. The molecule has 0 aromatic rings. The van der Waals surface area contributed by atoms with Crippen molar-refractivity contribution in [2.75, 3.05) is 19.6 Å². The van der Waals surface area contributed by atoms with Gasteiger partial charge in [-0.2, -0.15) is 0 Å². The molecule has 0 amide bonds. The molecule has 2 heteroatoms. The zero-order chi connectivity index (χ0) is 13.2. The topological polar surface area (TPSA) is 15.3 Å². The van der Waals surface area contributed by atoms with Crippen LogP contribution in [0.5, 0.6) is 0 Å². The van der Waals surface area contributed by atoms with Gasteiger partial charge in [-0.25, -0.2) is 0 Å². The van der Waals surface area contributed by atoms with Gasteiger partial charge in [0.25, 0.3) is 0 Å². The van der Waals surface area contributed by atoms with Crippen LogP contribution < -0.4 is 5.32 Å². The average molecular weight is 254 g/mol. The quantitative estimate of drug-likeness (QED) is 0.638. The highest BCUT2D eigenvalue weighted by molar-refractivity contribution is 4.81. The number of nitrogens with zero attached hydrogens (tertiary/aromatic N) is 1. The molecule has 108 valence electrons. The Morgan fingerprint density at radius 1 is 1.11 bits per heavy atom. The van der Waals surface area contributed by atoms with Crippen LogP contribution in [0.1, 0.15) is 72.1 Å². The second-order valence-electron chi connectivity index (χ2n) is 5.87. The minimum atomic E-state index is 0.762. The van der Waals surface area contributed by atoms with Crippen molar-refractivity contribution in [3.63, 3.8) is 0 Å². The van der Waals surface area contributed by atoms with E-state index in [1.54, 1.807) is 0 Å². The van der Waals surface area contributed by atoms with Gasteiger partial charge in [0, 0.05) is 18.6 Å². The standard InChI is InChI=1S/C16H34N2/c1-4-7-13-18(14-15-11-8-12-17-15)16(9-5-2)10-6-3/h15-17H,4-14H2,1-3H3. The van der Waals surface area contributed by atoms with Gasteiger partial charge in [0.2, 0.25) is 0 Å². The highest BCUT2D eigenvalue weighted by atomic mass is 15.2. The van der Waals surface area contributed by atoms with Crippen LogP contribution in [0.15, 0.2) is 0 Å². The van der Waals surface area contributed by atoms with Gasteiger partial charge < -0.3 is 5.32 Å². The molecule has 0 saturated carbocycles. The van der Waals surface area contributed by atoms with E-state index < -0.39 is 0 Å². The van der Waals surface area contributed by atoms with Crippen molar-refractivity contribution in [1.82, 2.24) is 10.2 Å². The molecule has 0 aliphatic carbocycles. The van der Waals surface area contributed by atoms with E-state index in [0.29, 0.717) is 0 Å². The summed E-state index contributed by atoms with van der Waals surface area (Å²) in [5.41, 5.74) is 0. The first-order chi connectivity index (χ1) is 8.81. The largest absolute Gasteiger partial charge is 0.313 e. The van der Waals surface area contributed by atoms with Crippen LogP contribution in [0, 0.1) is 0 Å². The van der Waals surface area contributed by atoms with Crippen molar-refractivity contribution in [3.8, 4) is 0 Å². The predicted molar refractivity (Wildman–Crippen MR) is 81.1 cm³/mol. The minimum absolute atomic E-state index is 0.762. The van der Waals surface area contributed by atoms with E-state index in [2.05, 4.69) is 31.0 Å². The number of hydrogen-bond acceptors (Lipinski definition) is 2. The monoisotopic (exact) mass is 254 g/mol. The fourth-order valence-electron chi connectivity index (χ4n) is 3.16. The molecule has 1 fully saturated rings. The Kier molecular flexibility index (Phi) is 8.70. The summed E-state index contributed by atoms with van der Waals surface area (Å²) in [5, 5.41) is 3.66. The summed E-state index contributed by atoms with van der Waals surface area (Å²) in [6.07, 6.45) is 10.8. The fourth-order valence-corrected chi connectivity index (χ4v) is 3.16. The van der Waals surface area contributed by atoms with Gasteiger partial charge in [-0.1, -0.05) is 40.0 Å². The molecule has 1 N–H and O–H groups in total. The molecule has 0 spiro atoms. The average Bonchev–Trinajstić information content (AvgIpc) is 2.87. The van der Waals surface area contributed by atoms with Gasteiger partial charge in [-0.3, -0.25) is 4.90 Å². The van der Waals surface area contributed by atoms with Gasteiger partial charge >= 0.3 is 0 Å². The second-order valence-corrected chi connectivity index (χ2v) is 5.87. The number of hydrogen-bond donors (Lipinski definition) is 1. The molecular weight excluding hydrogens is 220 g/mol. The maximum absolute atomic E-state index is 3.66. The second kappa shape index (κ2) is 9.80. The summed E-state index contributed by atoms with van der Waals surface area (Å²) in [6, 6.07) is 1.59. The summed E-state index contributed by atoms with van der Waals surface area (Å²) >= 11 is 0. The van der Waals surface area contributed by atoms with E-state index in [1.807, 2.05) is 0 Å². The fraction of sp³-hybridized carbons (Fsp3) is 1.00. The molecular formula is C16H34N2. The van der Waals surface area contributed by atoms with Crippen LogP contribution in [0.3, 0.4) is 0 Å². The first-order valence-corrected chi connectivity index (χ1v) is 8.29. The lowest BCUT2D eigenvalue weighted by molar-refractivity contribution is 0.158. The zero-order valence-corrected chi connectivity index (χ0v) is 12.9. The Hall–Kier alpha value is -0.0800. The van der Waals surface area contributed by atoms with Crippen LogP contribution >= 0.6 is 0 Å². The highest BCUT2D eigenvalue weighted by Gasteiger charge is 2.22. The lowest BCUT2D eigenvalue weighted by Gasteiger charge is -2.33. The van der Waals surface area contributed by atoms with Crippen molar-refractivity contribution >= 4 is 0 Å². The normalized spacial score (nSPS) is 20.2. The maximum atomic E-state index is 3.66. The molecule has 1 heterocycles. The molecule has 0 radical (unpaired) electrons. The number of rotatable bonds is 10. The minimum Gasteiger partial charge on any atom is -0.313 e. The lowest BCUT2D eigenvalue weighted by atomic mass is 10.0. The van der Waals surface area contributed by atoms with Crippen LogP contribution in [0.2, 0.25) is 0 Å². The molecule has 2 nitrogen and oxygen atoms in total. The van der Waals surface area contributed by atoms with E-state index >= 15 is 0 Å². The Balaban J connectivity index is 2.48. The third-order valence-electron chi connectivity index (χ3n) is 4.18. The Labute approximate surface area is 115 Å². The summed E-state index contributed by atoms with van der Waals surface area (Å²) < 4.78 is 0. The molecule has 0 aromatic heterocycles. The van der Waals surface area contributed by atoms with Gasteiger partial charge in [0.05, 0.1) is 0 Å². The Morgan fingerprint density at radius 2 is 1.83 bits per heavy atom. The van der Waals surface area contributed by atoms with E-state index in [1.165, 1.54) is 71.0 Å². The molecule has 1 aliphatic rings. The first kappa shape index (κ1) is 16.0. The van der Waals surface area contributed by atoms with Crippen LogP contribution in [0.4, 0.5) is 0 Å². The van der Waals surface area contributed by atoms with E-state index in [4.69, 9.17) is 0 Å². The van der Waals surface area contributed by atoms with E-state index in [-0.39, 0.29) is 0 Å². The molecule has 1 rings (SSSR count). The summed E-state index contributed by atoms with van der Waals surface area (Å²) in [4.78, 5) is 2.79. The van der Waals surface area contributed by atoms with Gasteiger partial charge in [0.15, 0.2) is 0 Å². The summed E-state index contributed by atoms with van der Waals surface area (Å²) in [6.45, 7) is 10.8. The summed E-state index contributed by atoms with van der Waals surface area (Å²) in [5.74, 6) is 0. The van der Waals surface area contributed by atoms with Crippen molar-refractivity contribution < 1.29 is 0 Å². The third kappa shape index (κ3) is 5.71. The first-order valence-electron chi connectivity index (χ1n) is 8.29.